The molecular weight excluding hydrogens is 330 g/mol. The van der Waals surface area contributed by atoms with Gasteiger partial charge in [0.1, 0.15) is 5.58 Å². The van der Waals surface area contributed by atoms with Gasteiger partial charge in [0.05, 0.1) is 5.69 Å². The van der Waals surface area contributed by atoms with Crippen molar-refractivity contribution >= 4 is 22.6 Å². The number of aromatic nitrogens is 2. The first-order valence-electron chi connectivity index (χ1n) is 8.06. The smallest absolute Gasteiger partial charge is 0.336 e. The Balaban J connectivity index is 1.55. The number of carbonyl (C=O) groups excluding carboxylic acids is 1. The van der Waals surface area contributed by atoms with Crippen LogP contribution in [0.15, 0.2) is 76.1 Å². The third-order valence-corrected chi connectivity index (χ3v) is 4.08. The van der Waals surface area contributed by atoms with Crippen molar-refractivity contribution in [2.45, 2.75) is 6.92 Å². The number of anilines is 1. The van der Waals surface area contributed by atoms with E-state index in [1.165, 1.54) is 6.07 Å². The van der Waals surface area contributed by atoms with Crippen LogP contribution in [-0.2, 0) is 0 Å². The maximum Gasteiger partial charge on any atom is 0.336 e. The second-order valence-electron chi connectivity index (χ2n) is 5.89. The molecule has 2 heterocycles. The molecule has 0 radical (unpaired) electrons. The fourth-order valence-electron chi connectivity index (χ4n) is 2.75. The van der Waals surface area contributed by atoms with E-state index >= 15 is 0 Å². The van der Waals surface area contributed by atoms with Crippen molar-refractivity contribution in [2.24, 2.45) is 0 Å². The van der Waals surface area contributed by atoms with E-state index < -0.39 is 5.63 Å². The fraction of sp³-hybridized carbons (Fsp3) is 0.0500. The summed E-state index contributed by atoms with van der Waals surface area (Å²) in [5, 5.41) is 7.84. The second-order valence-corrected chi connectivity index (χ2v) is 5.89. The highest BCUT2D eigenvalue weighted by molar-refractivity contribution is 6.05. The fourth-order valence-corrected chi connectivity index (χ4v) is 2.75. The highest BCUT2D eigenvalue weighted by Gasteiger charge is 2.08. The van der Waals surface area contributed by atoms with Crippen LogP contribution in [0, 0.1) is 6.92 Å². The van der Waals surface area contributed by atoms with Crippen LogP contribution in [0.25, 0.3) is 16.7 Å². The number of hydrogen-bond donors (Lipinski definition) is 1. The summed E-state index contributed by atoms with van der Waals surface area (Å²) in [5.74, 6) is -0.217. The number of fused-ring (bicyclic) bond motifs is 1. The number of benzene rings is 2. The summed E-state index contributed by atoms with van der Waals surface area (Å²) in [6.45, 7) is 1.97. The second kappa shape index (κ2) is 6.33. The Bertz CT molecular complexity index is 1160. The third-order valence-electron chi connectivity index (χ3n) is 4.08. The molecule has 0 bridgehead atoms. The minimum atomic E-state index is -0.401. The zero-order valence-corrected chi connectivity index (χ0v) is 14.0. The van der Waals surface area contributed by atoms with Gasteiger partial charge in [0.25, 0.3) is 5.91 Å². The lowest BCUT2D eigenvalue weighted by atomic mass is 10.1. The van der Waals surface area contributed by atoms with Crippen LogP contribution in [-0.4, -0.2) is 15.7 Å². The van der Waals surface area contributed by atoms with Gasteiger partial charge in [-0.1, -0.05) is 0 Å². The highest BCUT2D eigenvalue weighted by atomic mass is 16.4. The highest BCUT2D eigenvalue weighted by Crippen LogP contribution is 2.19. The van der Waals surface area contributed by atoms with Gasteiger partial charge in [0, 0.05) is 34.6 Å². The van der Waals surface area contributed by atoms with Crippen LogP contribution in [0.1, 0.15) is 16.1 Å². The molecule has 128 valence electrons. The molecule has 0 spiro atoms. The van der Waals surface area contributed by atoms with Crippen molar-refractivity contribution in [1.29, 1.82) is 0 Å². The first-order chi connectivity index (χ1) is 12.6. The SMILES string of the molecule is Cc1ccnn1-c1ccc(C(=O)Nc2ccc3oc(=O)ccc3c2)cc1. The van der Waals surface area contributed by atoms with Crippen molar-refractivity contribution < 1.29 is 9.21 Å². The van der Waals surface area contributed by atoms with Gasteiger partial charge in [-0.05, 0) is 61.5 Å². The zero-order chi connectivity index (χ0) is 18.1. The summed E-state index contributed by atoms with van der Waals surface area (Å²) < 4.78 is 6.89. The normalized spacial score (nSPS) is 10.8. The Morgan fingerprint density at radius 3 is 2.58 bits per heavy atom. The van der Waals surface area contributed by atoms with Gasteiger partial charge in [0.15, 0.2) is 0 Å². The van der Waals surface area contributed by atoms with E-state index in [1.54, 1.807) is 47.3 Å². The molecule has 4 rings (SSSR count). The number of hydrogen-bond acceptors (Lipinski definition) is 4. The average Bonchev–Trinajstić information content (AvgIpc) is 3.08. The van der Waals surface area contributed by atoms with Gasteiger partial charge in [-0.3, -0.25) is 4.79 Å². The number of nitrogens with zero attached hydrogens (tertiary/aromatic N) is 2. The van der Waals surface area contributed by atoms with Crippen LogP contribution in [0.3, 0.4) is 0 Å². The summed E-state index contributed by atoms with van der Waals surface area (Å²) in [6.07, 6.45) is 1.73. The van der Waals surface area contributed by atoms with Gasteiger partial charge in [-0.15, -0.1) is 0 Å². The van der Waals surface area contributed by atoms with E-state index in [4.69, 9.17) is 4.42 Å². The van der Waals surface area contributed by atoms with E-state index in [9.17, 15) is 9.59 Å². The predicted molar refractivity (Wildman–Crippen MR) is 98.7 cm³/mol. The molecule has 0 saturated carbocycles. The van der Waals surface area contributed by atoms with Crippen LogP contribution < -0.4 is 10.9 Å². The molecule has 26 heavy (non-hydrogen) atoms. The van der Waals surface area contributed by atoms with Crippen molar-refractivity contribution in [1.82, 2.24) is 9.78 Å². The van der Waals surface area contributed by atoms with Gasteiger partial charge in [-0.25, -0.2) is 9.48 Å². The molecule has 4 aromatic rings. The Labute approximate surface area is 148 Å². The molecule has 2 aromatic heterocycles. The van der Waals surface area contributed by atoms with E-state index in [0.29, 0.717) is 16.8 Å². The molecule has 2 aromatic carbocycles. The van der Waals surface area contributed by atoms with E-state index in [-0.39, 0.29) is 5.91 Å². The van der Waals surface area contributed by atoms with Crippen LogP contribution in [0.4, 0.5) is 5.69 Å². The van der Waals surface area contributed by atoms with Gasteiger partial charge in [-0.2, -0.15) is 5.10 Å². The summed E-state index contributed by atoms with van der Waals surface area (Å²) in [7, 11) is 0. The zero-order valence-electron chi connectivity index (χ0n) is 14.0. The number of aryl methyl sites for hydroxylation is 1. The maximum atomic E-state index is 12.5. The molecule has 0 aliphatic carbocycles. The lowest BCUT2D eigenvalue weighted by Crippen LogP contribution is -2.12. The van der Waals surface area contributed by atoms with Crippen LogP contribution >= 0.6 is 0 Å². The summed E-state index contributed by atoms with van der Waals surface area (Å²) in [4.78, 5) is 23.7. The molecule has 0 aliphatic rings. The molecular formula is C20H15N3O3. The predicted octanol–water partition coefficient (Wildman–Crippen LogP) is 3.54. The number of nitrogens with one attached hydrogen (secondary N) is 1. The Morgan fingerprint density at radius 2 is 1.85 bits per heavy atom. The Morgan fingerprint density at radius 1 is 1.04 bits per heavy atom. The van der Waals surface area contributed by atoms with Crippen LogP contribution in [0.2, 0.25) is 0 Å². The van der Waals surface area contributed by atoms with Crippen molar-refractivity contribution in [3.05, 3.63) is 88.5 Å². The van der Waals surface area contributed by atoms with Crippen molar-refractivity contribution in [3.63, 3.8) is 0 Å². The summed E-state index contributed by atoms with van der Waals surface area (Å²) in [5.41, 5.74) is 3.16. The largest absolute Gasteiger partial charge is 0.423 e. The minimum Gasteiger partial charge on any atom is -0.423 e. The first-order valence-corrected chi connectivity index (χ1v) is 8.06. The number of carbonyl (C=O) groups is 1. The summed E-state index contributed by atoms with van der Waals surface area (Å²) >= 11 is 0. The Hall–Kier alpha value is -3.67. The van der Waals surface area contributed by atoms with E-state index in [2.05, 4.69) is 10.4 Å². The van der Waals surface area contributed by atoms with Crippen molar-refractivity contribution in [3.8, 4) is 5.69 Å². The quantitative estimate of drug-likeness (QED) is 0.576. The maximum absolute atomic E-state index is 12.5. The molecule has 6 heteroatoms. The monoisotopic (exact) mass is 345 g/mol. The number of rotatable bonds is 3. The molecule has 1 amide bonds. The van der Waals surface area contributed by atoms with Gasteiger partial charge < -0.3 is 9.73 Å². The minimum absolute atomic E-state index is 0.217. The molecule has 0 aliphatic heterocycles. The molecule has 0 saturated heterocycles. The topological polar surface area (TPSA) is 77.1 Å². The third kappa shape index (κ3) is 3.00. The van der Waals surface area contributed by atoms with Gasteiger partial charge >= 0.3 is 5.63 Å². The summed E-state index contributed by atoms with van der Waals surface area (Å²) in [6, 6.07) is 17.3. The Kier molecular flexibility index (Phi) is 3.85. The van der Waals surface area contributed by atoms with Crippen LogP contribution in [0.5, 0.6) is 0 Å². The first kappa shape index (κ1) is 15.8. The molecule has 1 N–H and O–H groups in total. The average molecular weight is 345 g/mol. The molecule has 6 nitrogen and oxygen atoms in total. The molecule has 0 atom stereocenters. The van der Waals surface area contributed by atoms with E-state index in [1.807, 2.05) is 25.1 Å². The lowest BCUT2D eigenvalue weighted by molar-refractivity contribution is 0.102. The lowest BCUT2D eigenvalue weighted by Gasteiger charge is -2.08. The molecule has 0 fully saturated rings. The van der Waals surface area contributed by atoms with E-state index in [0.717, 1.165) is 16.8 Å². The van der Waals surface area contributed by atoms with Crippen molar-refractivity contribution in [2.75, 3.05) is 5.32 Å². The number of amides is 1. The standard InChI is InChI=1S/C20H15N3O3/c1-13-10-11-21-23(13)17-6-2-14(3-7-17)20(25)22-16-5-8-18-15(12-16)4-9-19(24)26-18/h2-12H,1H3,(H,22,25). The van der Waals surface area contributed by atoms with Gasteiger partial charge in [0.2, 0.25) is 0 Å². The molecule has 0 unspecified atom stereocenters.